The third kappa shape index (κ3) is 12.8. The van der Waals surface area contributed by atoms with Gasteiger partial charge in [0.25, 0.3) is 0 Å². The third-order valence-corrected chi connectivity index (χ3v) is 18.9. The molecular formula is C28H60BrP. The fourth-order valence-electron chi connectivity index (χ4n) is 5.50. The zero-order chi connectivity index (χ0) is 22.6. The molecule has 1 atom stereocenters. The third-order valence-electron chi connectivity index (χ3n) is 7.55. The Bertz CT molecular complexity index is 360. The number of rotatable bonds is 23. The maximum absolute atomic E-state index is 4.77. The Morgan fingerprint density at radius 2 is 0.833 bits per heavy atom. The van der Waals surface area contributed by atoms with E-state index in [2.05, 4.69) is 34.6 Å². The summed E-state index contributed by atoms with van der Waals surface area (Å²) in [7, 11) is 0. The molecule has 0 heterocycles. The quantitative estimate of drug-likeness (QED) is 0.0953. The average molecular weight is 508 g/mol. The Morgan fingerprint density at radius 3 is 1.30 bits per heavy atom. The van der Waals surface area contributed by atoms with Crippen molar-refractivity contribution in [2.45, 2.75) is 162 Å². The van der Waals surface area contributed by atoms with Crippen LogP contribution in [0.25, 0.3) is 0 Å². The molecule has 0 saturated carbocycles. The van der Waals surface area contributed by atoms with Crippen LogP contribution in [0.5, 0.6) is 0 Å². The van der Waals surface area contributed by atoms with Crippen LogP contribution in [0.4, 0.5) is 0 Å². The van der Waals surface area contributed by atoms with Crippen LogP contribution >= 0.6 is 20.8 Å². The molecule has 0 aliphatic carbocycles. The van der Waals surface area contributed by atoms with Gasteiger partial charge < -0.3 is 0 Å². The second kappa shape index (κ2) is 19.4. The monoisotopic (exact) mass is 506 g/mol. The molecule has 30 heavy (non-hydrogen) atoms. The first-order valence-corrected chi connectivity index (χ1v) is 19.1. The van der Waals surface area contributed by atoms with Crippen LogP contribution < -0.4 is 0 Å². The van der Waals surface area contributed by atoms with Gasteiger partial charge in [0, 0.05) is 0 Å². The average Bonchev–Trinajstić information content (AvgIpc) is 2.75. The van der Waals surface area contributed by atoms with Crippen LogP contribution in [0, 0.1) is 0 Å². The van der Waals surface area contributed by atoms with E-state index in [1.165, 1.54) is 134 Å². The molecular weight excluding hydrogens is 447 g/mol. The zero-order valence-electron chi connectivity index (χ0n) is 22.0. The van der Waals surface area contributed by atoms with Crippen LogP contribution in [0.15, 0.2) is 0 Å². The van der Waals surface area contributed by atoms with Crippen LogP contribution in [0.3, 0.4) is 0 Å². The minimum atomic E-state index is -1.82. The summed E-state index contributed by atoms with van der Waals surface area (Å²) in [6.07, 6.45) is 31.9. The fourth-order valence-corrected chi connectivity index (χ4v) is 15.6. The Labute approximate surface area is 201 Å². The zero-order valence-corrected chi connectivity index (χ0v) is 24.4. The Balaban J connectivity index is 5.15. The summed E-state index contributed by atoms with van der Waals surface area (Å²) in [4.78, 5) is 0. The van der Waals surface area contributed by atoms with E-state index in [1.54, 1.807) is 6.16 Å². The van der Waals surface area contributed by atoms with Crippen molar-refractivity contribution in [3.63, 3.8) is 0 Å². The second-order valence-corrected chi connectivity index (χ2v) is 21.5. The summed E-state index contributed by atoms with van der Waals surface area (Å²) in [5.74, 6) is 0. The molecule has 0 aliphatic rings. The van der Waals surface area contributed by atoms with Gasteiger partial charge in [0.2, 0.25) is 0 Å². The van der Waals surface area contributed by atoms with Crippen LogP contribution in [0.1, 0.15) is 157 Å². The van der Waals surface area contributed by atoms with Gasteiger partial charge in [-0.3, -0.25) is 0 Å². The molecule has 0 aliphatic heterocycles. The van der Waals surface area contributed by atoms with Crippen molar-refractivity contribution in [2.75, 3.05) is 18.5 Å². The maximum atomic E-state index is 4.77. The molecule has 0 aromatic rings. The molecule has 184 valence electrons. The predicted molar refractivity (Wildman–Crippen MR) is 150 cm³/mol. The first-order chi connectivity index (χ1) is 14.5. The van der Waals surface area contributed by atoms with Crippen LogP contribution in [0.2, 0.25) is 0 Å². The van der Waals surface area contributed by atoms with Gasteiger partial charge in [-0.2, -0.15) is 0 Å². The van der Waals surface area contributed by atoms with E-state index in [9.17, 15) is 0 Å². The second-order valence-electron chi connectivity index (χ2n) is 10.3. The molecule has 0 spiro atoms. The summed E-state index contributed by atoms with van der Waals surface area (Å²) < 4.78 is 0. The Kier molecular flexibility index (Phi) is 20.0. The van der Waals surface area contributed by atoms with Gasteiger partial charge in [-0.15, -0.1) is 0 Å². The Hall–Kier alpha value is 0.910. The molecule has 0 rings (SSSR count). The van der Waals surface area contributed by atoms with Gasteiger partial charge in [0.1, 0.15) is 0 Å². The van der Waals surface area contributed by atoms with E-state index < -0.39 is 5.31 Å². The number of unbranched alkanes of at least 4 members (excludes halogenated alkanes) is 12. The standard InChI is InChI=1S/C28H60BrP/c1-6-11-15-17-18-19-20-22-27-30(29,25-13-8-3,26-14-9-4)28(23-10-5)24-21-16-12-7-2/h28H,6-27H2,1-5H3. The fraction of sp³-hybridized carbons (Fsp3) is 1.00. The van der Waals surface area contributed by atoms with Crippen molar-refractivity contribution >= 4 is 20.8 Å². The van der Waals surface area contributed by atoms with Crippen molar-refractivity contribution in [3.8, 4) is 0 Å². The van der Waals surface area contributed by atoms with E-state index in [4.69, 9.17) is 15.5 Å². The number of hydrogen-bond donors (Lipinski definition) is 0. The van der Waals surface area contributed by atoms with Crippen LogP contribution in [-0.2, 0) is 0 Å². The van der Waals surface area contributed by atoms with Crippen molar-refractivity contribution in [2.24, 2.45) is 0 Å². The van der Waals surface area contributed by atoms with Gasteiger partial charge >= 0.3 is 202 Å². The van der Waals surface area contributed by atoms with Gasteiger partial charge in [-0.05, 0) is 0 Å². The molecule has 0 fully saturated rings. The summed E-state index contributed by atoms with van der Waals surface area (Å²) in [6.45, 7) is 11.9. The van der Waals surface area contributed by atoms with E-state index in [-0.39, 0.29) is 0 Å². The van der Waals surface area contributed by atoms with Crippen molar-refractivity contribution in [3.05, 3.63) is 0 Å². The van der Waals surface area contributed by atoms with Crippen molar-refractivity contribution in [1.82, 2.24) is 0 Å². The topological polar surface area (TPSA) is 0 Å². The van der Waals surface area contributed by atoms with Gasteiger partial charge in [0.05, 0.1) is 0 Å². The molecule has 0 aromatic heterocycles. The van der Waals surface area contributed by atoms with Gasteiger partial charge in [0.15, 0.2) is 0 Å². The molecule has 0 saturated heterocycles. The number of halogens is 1. The molecule has 0 nitrogen and oxygen atoms in total. The van der Waals surface area contributed by atoms with Gasteiger partial charge in [-0.25, -0.2) is 0 Å². The van der Waals surface area contributed by atoms with E-state index in [0.717, 1.165) is 5.66 Å². The van der Waals surface area contributed by atoms with E-state index in [1.807, 2.05) is 0 Å². The summed E-state index contributed by atoms with van der Waals surface area (Å²) in [5.41, 5.74) is 0.987. The van der Waals surface area contributed by atoms with Crippen molar-refractivity contribution < 1.29 is 0 Å². The first kappa shape index (κ1) is 30.9. The number of hydrogen-bond acceptors (Lipinski definition) is 0. The molecule has 0 aromatic carbocycles. The SMILES string of the molecule is CCCCCCCCCCP(Br)(CCCC)(CCCC)C(CCC)CCCCCC. The molecule has 0 bridgehead atoms. The molecule has 0 radical (unpaired) electrons. The van der Waals surface area contributed by atoms with Gasteiger partial charge in [-0.1, -0.05) is 0 Å². The normalized spacial score (nSPS) is 14.5. The first-order valence-electron chi connectivity index (χ1n) is 14.2. The van der Waals surface area contributed by atoms with Crippen molar-refractivity contribution in [1.29, 1.82) is 0 Å². The van der Waals surface area contributed by atoms with Crippen LogP contribution in [-0.4, -0.2) is 24.1 Å². The summed E-state index contributed by atoms with van der Waals surface area (Å²) >= 11 is 4.77. The van der Waals surface area contributed by atoms with E-state index in [0.29, 0.717) is 0 Å². The molecule has 2 heteroatoms. The molecule has 0 amide bonds. The van der Waals surface area contributed by atoms with E-state index >= 15 is 0 Å². The Morgan fingerprint density at radius 1 is 0.433 bits per heavy atom. The summed E-state index contributed by atoms with van der Waals surface area (Å²) in [5, 5.41) is -1.82. The molecule has 0 N–H and O–H groups in total. The minimum absolute atomic E-state index is 0.987. The summed E-state index contributed by atoms with van der Waals surface area (Å²) in [6, 6.07) is 0. The predicted octanol–water partition coefficient (Wildman–Crippen LogP) is 11.7. The molecule has 1 unspecified atom stereocenters.